The number of fused-ring (bicyclic) bond motifs is 5. The zero-order valence-electron chi connectivity index (χ0n) is 20.7. The van der Waals surface area contributed by atoms with Gasteiger partial charge in [0.25, 0.3) is 10.1 Å². The predicted octanol–water partition coefficient (Wildman–Crippen LogP) is 5.42. The Balaban J connectivity index is 1.34. The highest BCUT2D eigenvalue weighted by Gasteiger charge is 2.62. The van der Waals surface area contributed by atoms with Gasteiger partial charge in [-0.05, 0) is 93.2 Å². The molecule has 0 aliphatic heterocycles. The monoisotopic (exact) mass is 484 g/mol. The highest BCUT2D eigenvalue weighted by Crippen LogP contribution is 2.65. The third kappa shape index (κ3) is 3.63. The zero-order chi connectivity index (χ0) is 24.5. The van der Waals surface area contributed by atoms with Crippen LogP contribution in [0.2, 0.25) is 0 Å². The van der Waals surface area contributed by atoms with Crippen LogP contribution in [0.15, 0.2) is 40.8 Å². The Labute approximate surface area is 203 Å². The Morgan fingerprint density at radius 1 is 1.09 bits per heavy atom. The highest BCUT2D eigenvalue weighted by molar-refractivity contribution is 7.86. The molecule has 0 saturated heterocycles. The van der Waals surface area contributed by atoms with Gasteiger partial charge in [-0.25, -0.2) is 0 Å². The molecule has 0 spiro atoms. The summed E-state index contributed by atoms with van der Waals surface area (Å²) in [7, 11) is -3.81. The molecule has 0 N–H and O–H groups in total. The minimum Gasteiger partial charge on any atom is -0.299 e. The van der Waals surface area contributed by atoms with Crippen molar-refractivity contribution >= 4 is 21.7 Å². The van der Waals surface area contributed by atoms with E-state index in [0.29, 0.717) is 36.9 Å². The molecule has 34 heavy (non-hydrogen) atoms. The fourth-order valence-electron chi connectivity index (χ4n) is 8.18. The lowest BCUT2D eigenvalue weighted by Gasteiger charge is -2.59. The van der Waals surface area contributed by atoms with Crippen LogP contribution in [0.1, 0.15) is 71.3 Å². The lowest BCUT2D eigenvalue weighted by molar-refractivity contribution is -0.157. The van der Waals surface area contributed by atoms with Crippen LogP contribution in [0, 0.1) is 41.4 Å². The standard InChI is InChI=1S/C28H36O5S/c1-17-5-8-21(9-6-17)34(31,32)33-20-13-14-27(3)19(15-20)7-10-22-24-12-11-23(18(2)29)28(24,4)16-25(30)26(22)27/h5-6,8-9,11,19-20,22,24,26H,7,10,12-16H2,1-4H3/t19-,20+,22-,24+,26-,27-,28+/m0/s1. The summed E-state index contributed by atoms with van der Waals surface area (Å²) in [6.07, 6.45) is 7.17. The maximum Gasteiger partial charge on any atom is 0.297 e. The molecule has 0 radical (unpaired) electrons. The van der Waals surface area contributed by atoms with Crippen LogP contribution in [0.3, 0.4) is 0 Å². The van der Waals surface area contributed by atoms with Gasteiger partial charge < -0.3 is 0 Å². The molecule has 6 heteroatoms. The van der Waals surface area contributed by atoms with E-state index in [4.69, 9.17) is 4.18 Å². The third-order valence-corrected chi connectivity index (χ3v) is 11.2. The molecule has 4 aliphatic carbocycles. The largest absolute Gasteiger partial charge is 0.299 e. The van der Waals surface area contributed by atoms with Gasteiger partial charge in [0.05, 0.1) is 11.0 Å². The number of rotatable bonds is 4. The first-order chi connectivity index (χ1) is 16.0. The second kappa shape index (κ2) is 8.12. The summed E-state index contributed by atoms with van der Waals surface area (Å²) < 4.78 is 31.5. The minimum absolute atomic E-state index is 0.00121. The lowest BCUT2D eigenvalue weighted by atomic mass is 9.44. The van der Waals surface area contributed by atoms with Gasteiger partial charge in [0.2, 0.25) is 0 Å². The number of carbonyl (C=O) groups excluding carboxylic acids is 2. The lowest BCUT2D eigenvalue weighted by Crippen LogP contribution is -2.57. The Morgan fingerprint density at radius 3 is 2.47 bits per heavy atom. The molecule has 5 nitrogen and oxygen atoms in total. The Bertz CT molecular complexity index is 1150. The van der Waals surface area contributed by atoms with Gasteiger partial charge in [-0.2, -0.15) is 8.42 Å². The van der Waals surface area contributed by atoms with Crippen LogP contribution in [-0.2, 0) is 23.9 Å². The molecular weight excluding hydrogens is 448 g/mol. The van der Waals surface area contributed by atoms with Crippen LogP contribution in [0.25, 0.3) is 0 Å². The summed E-state index contributed by atoms with van der Waals surface area (Å²) >= 11 is 0. The number of Topliss-reactive ketones (excluding diaryl/α,β-unsaturated/α-hetero) is 2. The van der Waals surface area contributed by atoms with Crippen molar-refractivity contribution in [2.24, 2.45) is 34.5 Å². The molecular formula is C28H36O5S. The summed E-state index contributed by atoms with van der Waals surface area (Å²) in [4.78, 5) is 26.2. The Morgan fingerprint density at radius 2 is 1.79 bits per heavy atom. The van der Waals surface area contributed by atoms with E-state index in [2.05, 4.69) is 19.9 Å². The van der Waals surface area contributed by atoms with Gasteiger partial charge in [-0.15, -0.1) is 0 Å². The molecule has 3 fully saturated rings. The van der Waals surface area contributed by atoms with E-state index >= 15 is 0 Å². The molecule has 0 heterocycles. The number of hydrogen-bond donors (Lipinski definition) is 0. The molecule has 0 aromatic heterocycles. The topological polar surface area (TPSA) is 77.5 Å². The second-order valence-electron chi connectivity index (χ2n) is 11.8. The van der Waals surface area contributed by atoms with E-state index in [1.54, 1.807) is 31.2 Å². The van der Waals surface area contributed by atoms with Crippen molar-refractivity contribution in [1.82, 2.24) is 0 Å². The zero-order valence-corrected chi connectivity index (χ0v) is 21.5. The number of ketones is 2. The van der Waals surface area contributed by atoms with E-state index in [-0.39, 0.29) is 39.4 Å². The number of hydrogen-bond acceptors (Lipinski definition) is 5. The second-order valence-corrected chi connectivity index (χ2v) is 13.3. The van der Waals surface area contributed by atoms with Gasteiger partial charge >= 0.3 is 0 Å². The van der Waals surface area contributed by atoms with Gasteiger partial charge in [0, 0.05) is 17.8 Å². The normalized spacial score (nSPS) is 39.6. The summed E-state index contributed by atoms with van der Waals surface area (Å²) in [5.74, 6) is 1.33. The van der Waals surface area contributed by atoms with Gasteiger partial charge in [0.1, 0.15) is 5.78 Å². The summed E-state index contributed by atoms with van der Waals surface area (Å²) in [5.41, 5.74) is 1.41. The van der Waals surface area contributed by atoms with Crippen LogP contribution < -0.4 is 0 Å². The SMILES string of the molecule is CC(=O)C1=CC[C@@H]2[C@@H]3CC[C@H]4C[C@H](OS(=O)(=O)c5ccc(C)cc5)CC[C@]4(C)[C@@H]3C(=O)C[C@]12C. The number of aryl methyl sites for hydroxylation is 1. The van der Waals surface area contributed by atoms with E-state index in [1.165, 1.54) is 0 Å². The van der Waals surface area contributed by atoms with Crippen molar-refractivity contribution in [2.45, 2.75) is 83.6 Å². The van der Waals surface area contributed by atoms with Crippen LogP contribution in [-0.4, -0.2) is 26.1 Å². The Hall–Kier alpha value is -1.79. The van der Waals surface area contributed by atoms with Gasteiger partial charge in [0.15, 0.2) is 5.78 Å². The minimum atomic E-state index is -3.81. The molecule has 7 atom stereocenters. The number of benzene rings is 1. The maximum absolute atomic E-state index is 13.7. The van der Waals surface area contributed by atoms with E-state index in [0.717, 1.165) is 36.8 Å². The molecule has 4 aliphatic rings. The smallest absolute Gasteiger partial charge is 0.297 e. The van der Waals surface area contributed by atoms with Gasteiger partial charge in [-0.1, -0.05) is 37.6 Å². The predicted molar refractivity (Wildman–Crippen MR) is 130 cm³/mol. The molecule has 184 valence electrons. The van der Waals surface area contributed by atoms with Crippen molar-refractivity contribution in [3.63, 3.8) is 0 Å². The molecule has 0 unspecified atom stereocenters. The molecule has 1 aromatic carbocycles. The molecule has 5 rings (SSSR count). The first-order valence-electron chi connectivity index (χ1n) is 12.7. The molecule has 3 saturated carbocycles. The third-order valence-electron chi connectivity index (χ3n) is 9.84. The van der Waals surface area contributed by atoms with Crippen molar-refractivity contribution in [3.05, 3.63) is 41.5 Å². The Kier molecular flexibility index (Phi) is 5.72. The quantitative estimate of drug-likeness (QED) is 0.534. The summed E-state index contributed by atoms with van der Waals surface area (Å²) in [6.45, 7) is 7.93. The van der Waals surface area contributed by atoms with Crippen molar-refractivity contribution in [2.75, 3.05) is 0 Å². The number of allylic oxidation sites excluding steroid dienone is 2. The molecule has 0 bridgehead atoms. The highest BCUT2D eigenvalue weighted by atomic mass is 32.2. The number of carbonyl (C=O) groups is 2. The van der Waals surface area contributed by atoms with Crippen molar-refractivity contribution in [1.29, 1.82) is 0 Å². The van der Waals surface area contributed by atoms with Crippen LogP contribution >= 0.6 is 0 Å². The van der Waals surface area contributed by atoms with Crippen LogP contribution in [0.5, 0.6) is 0 Å². The first-order valence-corrected chi connectivity index (χ1v) is 14.1. The first kappa shape index (κ1) is 23.9. The average Bonchev–Trinajstić information content (AvgIpc) is 3.10. The molecule has 1 aromatic rings. The fraction of sp³-hybridized carbons (Fsp3) is 0.643. The van der Waals surface area contributed by atoms with E-state index in [9.17, 15) is 18.0 Å². The van der Waals surface area contributed by atoms with E-state index in [1.807, 2.05) is 6.92 Å². The summed E-state index contributed by atoms with van der Waals surface area (Å²) in [5, 5.41) is 0. The van der Waals surface area contributed by atoms with Gasteiger partial charge in [-0.3, -0.25) is 13.8 Å². The molecule has 0 amide bonds. The van der Waals surface area contributed by atoms with E-state index < -0.39 is 10.1 Å². The fourth-order valence-corrected chi connectivity index (χ4v) is 9.30. The average molecular weight is 485 g/mol. The summed E-state index contributed by atoms with van der Waals surface area (Å²) in [6, 6.07) is 6.78. The maximum atomic E-state index is 13.7. The van der Waals surface area contributed by atoms with Crippen molar-refractivity contribution < 1.29 is 22.2 Å². The van der Waals surface area contributed by atoms with Crippen LogP contribution in [0.4, 0.5) is 0 Å². The van der Waals surface area contributed by atoms with Crippen molar-refractivity contribution in [3.8, 4) is 0 Å².